The summed E-state index contributed by atoms with van der Waals surface area (Å²) >= 11 is 0. The molecule has 0 amide bonds. The van der Waals surface area contributed by atoms with Crippen LogP contribution in [0.4, 0.5) is 5.69 Å². The van der Waals surface area contributed by atoms with Gasteiger partial charge < -0.3 is 10.2 Å². The molecule has 112 valence electrons. The highest BCUT2D eigenvalue weighted by atomic mass is 15.1. The lowest BCUT2D eigenvalue weighted by atomic mass is 9.78. The average Bonchev–Trinajstić information content (AvgIpc) is 2.37. The standard InChI is InChI=1S/C18H30N2/c1-13-6-7-18(19-4)16(9-13)12-20(5)17-10-14(2)8-15(3)11-17/h8,10-11,13,16,18-19H,6-7,9,12H2,1-5H3. The van der Waals surface area contributed by atoms with Crippen molar-refractivity contribution < 1.29 is 0 Å². The summed E-state index contributed by atoms with van der Waals surface area (Å²) < 4.78 is 0. The summed E-state index contributed by atoms with van der Waals surface area (Å²) in [5.41, 5.74) is 4.07. The lowest BCUT2D eigenvalue weighted by Crippen LogP contribution is -2.43. The molecular formula is C18H30N2. The maximum absolute atomic E-state index is 3.53. The lowest BCUT2D eigenvalue weighted by molar-refractivity contribution is 0.225. The number of hydrogen-bond donors (Lipinski definition) is 1. The van der Waals surface area contributed by atoms with Gasteiger partial charge in [-0.05, 0) is 75.3 Å². The molecule has 2 nitrogen and oxygen atoms in total. The molecule has 1 fully saturated rings. The Balaban J connectivity index is 2.07. The smallest absolute Gasteiger partial charge is 0.0369 e. The minimum Gasteiger partial charge on any atom is -0.374 e. The van der Waals surface area contributed by atoms with Crippen LogP contribution in [-0.2, 0) is 0 Å². The first-order chi connectivity index (χ1) is 9.49. The summed E-state index contributed by atoms with van der Waals surface area (Å²) in [4.78, 5) is 2.44. The van der Waals surface area contributed by atoms with Gasteiger partial charge in [0, 0.05) is 25.3 Å². The zero-order valence-corrected chi connectivity index (χ0v) is 13.7. The van der Waals surface area contributed by atoms with Gasteiger partial charge in [0.25, 0.3) is 0 Å². The van der Waals surface area contributed by atoms with Crippen molar-refractivity contribution in [3.63, 3.8) is 0 Å². The number of benzene rings is 1. The molecule has 1 N–H and O–H groups in total. The first kappa shape index (κ1) is 15.4. The van der Waals surface area contributed by atoms with Crippen molar-refractivity contribution in [2.75, 3.05) is 25.5 Å². The normalized spacial score (nSPS) is 26.6. The van der Waals surface area contributed by atoms with E-state index in [1.807, 2.05) is 0 Å². The molecule has 0 spiro atoms. The summed E-state index contributed by atoms with van der Waals surface area (Å²) in [5.74, 6) is 1.63. The Morgan fingerprint density at radius 1 is 1.15 bits per heavy atom. The number of aryl methyl sites for hydroxylation is 2. The second kappa shape index (κ2) is 6.62. The van der Waals surface area contributed by atoms with Crippen LogP contribution in [0.15, 0.2) is 18.2 Å². The minimum atomic E-state index is 0.680. The number of anilines is 1. The van der Waals surface area contributed by atoms with Crippen molar-refractivity contribution in [3.05, 3.63) is 29.3 Å². The molecule has 20 heavy (non-hydrogen) atoms. The van der Waals surface area contributed by atoms with Gasteiger partial charge in [-0.1, -0.05) is 13.0 Å². The summed E-state index contributed by atoms with van der Waals surface area (Å²) in [5, 5.41) is 3.53. The van der Waals surface area contributed by atoms with E-state index in [4.69, 9.17) is 0 Å². The van der Waals surface area contributed by atoms with Crippen molar-refractivity contribution in [3.8, 4) is 0 Å². The van der Waals surface area contributed by atoms with Crippen LogP contribution < -0.4 is 10.2 Å². The van der Waals surface area contributed by atoms with Crippen LogP contribution in [-0.4, -0.2) is 26.7 Å². The molecule has 3 atom stereocenters. The van der Waals surface area contributed by atoms with Crippen LogP contribution >= 0.6 is 0 Å². The first-order valence-electron chi connectivity index (χ1n) is 7.96. The maximum atomic E-state index is 3.53. The van der Waals surface area contributed by atoms with Crippen molar-refractivity contribution in [2.45, 2.75) is 46.1 Å². The molecule has 1 saturated carbocycles. The van der Waals surface area contributed by atoms with Crippen LogP contribution in [0.2, 0.25) is 0 Å². The largest absolute Gasteiger partial charge is 0.374 e. The molecule has 3 unspecified atom stereocenters. The van der Waals surface area contributed by atoms with Crippen molar-refractivity contribution in [2.24, 2.45) is 11.8 Å². The molecular weight excluding hydrogens is 244 g/mol. The highest BCUT2D eigenvalue weighted by Crippen LogP contribution is 2.30. The monoisotopic (exact) mass is 274 g/mol. The third-order valence-electron chi connectivity index (χ3n) is 4.77. The van der Waals surface area contributed by atoms with E-state index in [0.717, 1.165) is 18.4 Å². The minimum absolute atomic E-state index is 0.680. The zero-order chi connectivity index (χ0) is 14.7. The van der Waals surface area contributed by atoms with Crippen molar-refractivity contribution in [1.82, 2.24) is 5.32 Å². The Kier molecular flexibility index (Phi) is 5.09. The average molecular weight is 274 g/mol. The molecule has 0 bridgehead atoms. The molecule has 1 aliphatic rings. The van der Waals surface area contributed by atoms with Gasteiger partial charge in [-0.2, -0.15) is 0 Å². The van der Waals surface area contributed by atoms with E-state index in [0.29, 0.717) is 6.04 Å². The van der Waals surface area contributed by atoms with Gasteiger partial charge in [0.1, 0.15) is 0 Å². The second-order valence-electron chi connectivity index (χ2n) is 6.80. The molecule has 2 rings (SSSR count). The highest BCUT2D eigenvalue weighted by molar-refractivity contribution is 5.50. The summed E-state index contributed by atoms with van der Waals surface area (Å²) in [6, 6.07) is 7.53. The summed E-state index contributed by atoms with van der Waals surface area (Å²) in [6.45, 7) is 7.92. The third kappa shape index (κ3) is 3.76. The van der Waals surface area contributed by atoms with Crippen LogP contribution in [0.1, 0.15) is 37.3 Å². The molecule has 1 aliphatic carbocycles. The van der Waals surface area contributed by atoms with Gasteiger partial charge in [0.05, 0.1) is 0 Å². The van der Waals surface area contributed by atoms with Gasteiger partial charge >= 0.3 is 0 Å². The van der Waals surface area contributed by atoms with Gasteiger partial charge in [0.15, 0.2) is 0 Å². The molecule has 0 heterocycles. The topological polar surface area (TPSA) is 15.3 Å². The van der Waals surface area contributed by atoms with E-state index in [1.54, 1.807) is 0 Å². The highest BCUT2D eigenvalue weighted by Gasteiger charge is 2.28. The molecule has 0 radical (unpaired) electrons. The number of nitrogens with zero attached hydrogens (tertiary/aromatic N) is 1. The predicted molar refractivity (Wildman–Crippen MR) is 88.5 cm³/mol. The summed E-state index contributed by atoms with van der Waals surface area (Å²) in [7, 11) is 4.35. The van der Waals surface area contributed by atoms with E-state index in [2.05, 4.69) is 63.3 Å². The van der Waals surface area contributed by atoms with Crippen molar-refractivity contribution >= 4 is 5.69 Å². The van der Waals surface area contributed by atoms with Crippen molar-refractivity contribution in [1.29, 1.82) is 0 Å². The van der Waals surface area contributed by atoms with E-state index in [1.165, 1.54) is 36.1 Å². The molecule has 0 aromatic heterocycles. The van der Waals surface area contributed by atoms with Crippen LogP contribution in [0.5, 0.6) is 0 Å². The Morgan fingerprint density at radius 2 is 1.80 bits per heavy atom. The zero-order valence-electron chi connectivity index (χ0n) is 13.7. The fourth-order valence-corrected chi connectivity index (χ4v) is 3.71. The number of hydrogen-bond acceptors (Lipinski definition) is 2. The van der Waals surface area contributed by atoms with Crippen LogP contribution in [0.3, 0.4) is 0 Å². The lowest BCUT2D eigenvalue weighted by Gasteiger charge is -2.37. The quantitative estimate of drug-likeness (QED) is 0.899. The molecule has 1 aromatic carbocycles. The Bertz CT molecular complexity index is 421. The maximum Gasteiger partial charge on any atom is 0.0369 e. The molecule has 0 aliphatic heterocycles. The Hall–Kier alpha value is -1.02. The SMILES string of the molecule is CNC1CCC(C)CC1CN(C)c1cc(C)cc(C)c1. The number of nitrogens with one attached hydrogen (secondary N) is 1. The third-order valence-corrected chi connectivity index (χ3v) is 4.77. The van der Waals surface area contributed by atoms with Crippen LogP contribution in [0, 0.1) is 25.7 Å². The second-order valence-corrected chi connectivity index (χ2v) is 6.80. The van der Waals surface area contributed by atoms with E-state index < -0.39 is 0 Å². The number of rotatable bonds is 4. The van der Waals surface area contributed by atoms with Crippen LogP contribution in [0.25, 0.3) is 0 Å². The molecule has 0 saturated heterocycles. The molecule has 2 heteroatoms. The fourth-order valence-electron chi connectivity index (χ4n) is 3.71. The first-order valence-corrected chi connectivity index (χ1v) is 7.96. The Morgan fingerprint density at radius 3 is 2.40 bits per heavy atom. The molecule has 1 aromatic rings. The fraction of sp³-hybridized carbons (Fsp3) is 0.667. The Labute approximate surface area is 124 Å². The predicted octanol–water partition coefficient (Wildman–Crippen LogP) is 3.76. The van der Waals surface area contributed by atoms with E-state index >= 15 is 0 Å². The van der Waals surface area contributed by atoms with E-state index in [-0.39, 0.29) is 0 Å². The van der Waals surface area contributed by atoms with E-state index in [9.17, 15) is 0 Å². The van der Waals surface area contributed by atoms with Gasteiger partial charge in [-0.25, -0.2) is 0 Å². The van der Waals surface area contributed by atoms with Gasteiger partial charge in [0.2, 0.25) is 0 Å². The van der Waals surface area contributed by atoms with Gasteiger partial charge in [-0.15, -0.1) is 0 Å². The van der Waals surface area contributed by atoms with Gasteiger partial charge in [-0.3, -0.25) is 0 Å². The summed E-state index contributed by atoms with van der Waals surface area (Å²) in [6.07, 6.45) is 4.04.